The van der Waals surface area contributed by atoms with Crippen LogP contribution in [0.25, 0.3) is 0 Å². The molecule has 1 saturated heterocycles. The standard InChI is InChI=1S/C14H21N3O/c1-11-4-3-5-13(16-11)14(18)17(2)10-12-6-8-15-9-7-12/h3-5,12,15H,6-10H2,1-2H3. The molecule has 1 aliphatic heterocycles. The Kier molecular flexibility index (Phi) is 4.31. The number of aromatic nitrogens is 1. The number of carbonyl (C=O) groups excluding carboxylic acids is 1. The summed E-state index contributed by atoms with van der Waals surface area (Å²) >= 11 is 0. The maximum absolute atomic E-state index is 12.2. The summed E-state index contributed by atoms with van der Waals surface area (Å²) in [6, 6.07) is 5.58. The van der Waals surface area contributed by atoms with Crippen LogP contribution < -0.4 is 5.32 Å². The van der Waals surface area contributed by atoms with E-state index in [1.807, 2.05) is 26.1 Å². The van der Waals surface area contributed by atoms with Crippen molar-refractivity contribution in [2.24, 2.45) is 5.92 Å². The van der Waals surface area contributed by atoms with Crippen molar-refractivity contribution in [3.63, 3.8) is 0 Å². The summed E-state index contributed by atoms with van der Waals surface area (Å²) < 4.78 is 0. The first-order valence-corrected chi connectivity index (χ1v) is 6.56. The minimum Gasteiger partial charge on any atom is -0.340 e. The molecule has 0 bridgehead atoms. The van der Waals surface area contributed by atoms with E-state index < -0.39 is 0 Å². The largest absolute Gasteiger partial charge is 0.340 e. The van der Waals surface area contributed by atoms with Crippen LogP contribution >= 0.6 is 0 Å². The smallest absolute Gasteiger partial charge is 0.272 e. The fourth-order valence-corrected chi connectivity index (χ4v) is 2.39. The van der Waals surface area contributed by atoms with E-state index in [2.05, 4.69) is 10.3 Å². The first kappa shape index (κ1) is 13.0. The molecule has 18 heavy (non-hydrogen) atoms. The quantitative estimate of drug-likeness (QED) is 0.879. The number of piperidine rings is 1. The van der Waals surface area contributed by atoms with Crippen molar-refractivity contribution in [1.29, 1.82) is 0 Å². The van der Waals surface area contributed by atoms with E-state index in [1.54, 1.807) is 11.0 Å². The minimum absolute atomic E-state index is 0.0252. The fraction of sp³-hybridized carbons (Fsp3) is 0.571. The summed E-state index contributed by atoms with van der Waals surface area (Å²) in [6.45, 7) is 4.87. The summed E-state index contributed by atoms with van der Waals surface area (Å²) in [6.07, 6.45) is 2.30. The van der Waals surface area contributed by atoms with Crippen molar-refractivity contribution in [2.75, 3.05) is 26.7 Å². The van der Waals surface area contributed by atoms with Crippen LogP contribution in [0.4, 0.5) is 0 Å². The van der Waals surface area contributed by atoms with E-state index in [0.717, 1.165) is 38.2 Å². The molecule has 2 heterocycles. The van der Waals surface area contributed by atoms with Gasteiger partial charge in [-0.1, -0.05) is 6.07 Å². The number of carbonyl (C=O) groups is 1. The molecule has 0 aliphatic carbocycles. The SMILES string of the molecule is Cc1cccc(C(=O)N(C)CC2CCNCC2)n1. The Morgan fingerprint density at radius 3 is 2.83 bits per heavy atom. The maximum atomic E-state index is 12.2. The lowest BCUT2D eigenvalue weighted by Crippen LogP contribution is -2.37. The second-order valence-corrected chi connectivity index (χ2v) is 5.04. The van der Waals surface area contributed by atoms with Gasteiger partial charge in [-0.15, -0.1) is 0 Å². The molecule has 0 radical (unpaired) electrons. The van der Waals surface area contributed by atoms with Gasteiger partial charge in [0.05, 0.1) is 0 Å². The van der Waals surface area contributed by atoms with Crippen LogP contribution in [0.3, 0.4) is 0 Å². The van der Waals surface area contributed by atoms with Gasteiger partial charge in [-0.3, -0.25) is 4.79 Å². The molecule has 1 amide bonds. The molecule has 98 valence electrons. The molecule has 1 aromatic heterocycles. The molecule has 1 aliphatic rings. The lowest BCUT2D eigenvalue weighted by Gasteiger charge is -2.27. The number of hydrogen-bond donors (Lipinski definition) is 1. The Balaban J connectivity index is 1.95. The lowest BCUT2D eigenvalue weighted by molar-refractivity contribution is 0.0757. The molecule has 1 N–H and O–H groups in total. The molecule has 0 unspecified atom stereocenters. The van der Waals surface area contributed by atoms with Gasteiger partial charge in [0, 0.05) is 19.3 Å². The Hall–Kier alpha value is -1.42. The number of nitrogens with one attached hydrogen (secondary N) is 1. The van der Waals surface area contributed by atoms with E-state index in [0.29, 0.717) is 11.6 Å². The highest BCUT2D eigenvalue weighted by Crippen LogP contribution is 2.14. The minimum atomic E-state index is 0.0252. The molecule has 0 spiro atoms. The van der Waals surface area contributed by atoms with E-state index in [-0.39, 0.29) is 5.91 Å². The number of nitrogens with zero attached hydrogens (tertiary/aromatic N) is 2. The third-order valence-electron chi connectivity index (χ3n) is 3.44. The fourth-order valence-electron chi connectivity index (χ4n) is 2.39. The van der Waals surface area contributed by atoms with Gasteiger partial charge in [0.15, 0.2) is 0 Å². The van der Waals surface area contributed by atoms with Crippen LogP contribution in [-0.2, 0) is 0 Å². The molecule has 4 nitrogen and oxygen atoms in total. The second kappa shape index (κ2) is 5.96. The molecule has 4 heteroatoms. The monoisotopic (exact) mass is 247 g/mol. The zero-order valence-electron chi connectivity index (χ0n) is 11.1. The number of amides is 1. The Morgan fingerprint density at radius 1 is 1.44 bits per heavy atom. The van der Waals surface area contributed by atoms with Crippen molar-refractivity contribution < 1.29 is 4.79 Å². The van der Waals surface area contributed by atoms with Gasteiger partial charge in [0.1, 0.15) is 5.69 Å². The van der Waals surface area contributed by atoms with Gasteiger partial charge in [-0.05, 0) is 50.9 Å². The molecule has 1 fully saturated rings. The van der Waals surface area contributed by atoms with Gasteiger partial charge < -0.3 is 10.2 Å². The molecular formula is C14H21N3O. The van der Waals surface area contributed by atoms with Gasteiger partial charge in [0.25, 0.3) is 5.91 Å². The van der Waals surface area contributed by atoms with Crippen LogP contribution in [0.15, 0.2) is 18.2 Å². The van der Waals surface area contributed by atoms with E-state index in [9.17, 15) is 4.79 Å². The summed E-state index contributed by atoms with van der Waals surface area (Å²) in [5.41, 5.74) is 1.43. The molecule has 0 aromatic carbocycles. The Morgan fingerprint density at radius 2 is 2.17 bits per heavy atom. The third-order valence-corrected chi connectivity index (χ3v) is 3.44. The maximum Gasteiger partial charge on any atom is 0.272 e. The second-order valence-electron chi connectivity index (χ2n) is 5.04. The zero-order valence-corrected chi connectivity index (χ0v) is 11.1. The average Bonchev–Trinajstić information content (AvgIpc) is 2.39. The molecule has 1 aromatic rings. The zero-order chi connectivity index (χ0) is 13.0. The predicted octanol–water partition coefficient (Wildman–Crippen LogP) is 1.46. The predicted molar refractivity (Wildman–Crippen MR) is 71.5 cm³/mol. The van der Waals surface area contributed by atoms with Gasteiger partial charge in [0.2, 0.25) is 0 Å². The van der Waals surface area contributed by atoms with E-state index >= 15 is 0 Å². The van der Waals surface area contributed by atoms with Crippen molar-refractivity contribution >= 4 is 5.91 Å². The van der Waals surface area contributed by atoms with Crippen LogP contribution in [0.2, 0.25) is 0 Å². The van der Waals surface area contributed by atoms with E-state index in [4.69, 9.17) is 0 Å². The summed E-state index contributed by atoms with van der Waals surface area (Å²) in [4.78, 5) is 18.3. The van der Waals surface area contributed by atoms with Crippen molar-refractivity contribution in [1.82, 2.24) is 15.2 Å². The van der Waals surface area contributed by atoms with Crippen molar-refractivity contribution in [3.05, 3.63) is 29.6 Å². The first-order valence-electron chi connectivity index (χ1n) is 6.56. The Bertz CT molecular complexity index is 413. The van der Waals surface area contributed by atoms with Crippen LogP contribution in [0.5, 0.6) is 0 Å². The number of pyridine rings is 1. The number of aryl methyl sites for hydroxylation is 1. The summed E-state index contributed by atoms with van der Waals surface area (Å²) in [5.74, 6) is 0.641. The Labute approximate surface area is 108 Å². The molecular weight excluding hydrogens is 226 g/mol. The highest BCUT2D eigenvalue weighted by Gasteiger charge is 2.19. The van der Waals surface area contributed by atoms with Gasteiger partial charge in [-0.25, -0.2) is 4.98 Å². The van der Waals surface area contributed by atoms with E-state index in [1.165, 1.54) is 0 Å². The molecule has 0 saturated carbocycles. The molecule has 0 atom stereocenters. The topological polar surface area (TPSA) is 45.2 Å². The van der Waals surface area contributed by atoms with Crippen molar-refractivity contribution in [2.45, 2.75) is 19.8 Å². The summed E-state index contributed by atoms with van der Waals surface area (Å²) in [5, 5.41) is 3.34. The summed E-state index contributed by atoms with van der Waals surface area (Å²) in [7, 11) is 1.87. The lowest BCUT2D eigenvalue weighted by atomic mass is 9.97. The first-order chi connectivity index (χ1) is 8.66. The highest BCUT2D eigenvalue weighted by molar-refractivity contribution is 5.92. The third kappa shape index (κ3) is 3.29. The highest BCUT2D eigenvalue weighted by atomic mass is 16.2. The normalized spacial score (nSPS) is 16.6. The van der Waals surface area contributed by atoms with Gasteiger partial charge >= 0.3 is 0 Å². The molecule has 2 rings (SSSR count). The van der Waals surface area contributed by atoms with Crippen LogP contribution in [-0.4, -0.2) is 42.5 Å². The average molecular weight is 247 g/mol. The van der Waals surface area contributed by atoms with Gasteiger partial charge in [-0.2, -0.15) is 0 Å². The van der Waals surface area contributed by atoms with Crippen LogP contribution in [0, 0.1) is 12.8 Å². The number of hydrogen-bond acceptors (Lipinski definition) is 3. The van der Waals surface area contributed by atoms with Crippen molar-refractivity contribution in [3.8, 4) is 0 Å². The van der Waals surface area contributed by atoms with Crippen LogP contribution in [0.1, 0.15) is 29.0 Å². The number of rotatable bonds is 3.